The summed E-state index contributed by atoms with van der Waals surface area (Å²) in [4.78, 5) is 36.0. The Morgan fingerprint density at radius 2 is 1.76 bits per heavy atom. The molecule has 1 fully saturated rings. The first-order valence-electron chi connectivity index (χ1n) is 11.8. The number of carbonyl (C=O) groups is 1. The first-order chi connectivity index (χ1) is 18.0. The molecule has 0 saturated carbocycles. The highest BCUT2D eigenvalue weighted by Gasteiger charge is 2.33. The maximum atomic E-state index is 13.7. The van der Waals surface area contributed by atoms with E-state index in [0.29, 0.717) is 37.8 Å². The minimum atomic E-state index is -0.248. The fraction of sp³-hybridized carbons (Fsp3) is 0.143. The van der Waals surface area contributed by atoms with Crippen LogP contribution in [0.2, 0.25) is 5.02 Å². The van der Waals surface area contributed by atoms with Gasteiger partial charge in [0.2, 0.25) is 0 Å². The average Bonchev–Trinajstić information content (AvgIpc) is 3.18. The first-order valence-corrected chi connectivity index (χ1v) is 13.4. The van der Waals surface area contributed by atoms with Gasteiger partial charge in [0, 0.05) is 24.3 Å². The summed E-state index contributed by atoms with van der Waals surface area (Å²) in [7, 11) is 0. The van der Waals surface area contributed by atoms with E-state index in [-0.39, 0.29) is 18.0 Å². The third-order valence-electron chi connectivity index (χ3n) is 6.61. The number of nitrogens with zero attached hydrogens (tertiary/aromatic N) is 4. The molecule has 2 aliphatic heterocycles. The second-order valence-electron chi connectivity index (χ2n) is 8.88. The van der Waals surface area contributed by atoms with Crippen molar-refractivity contribution in [1.82, 2.24) is 14.3 Å². The Labute approximate surface area is 228 Å². The number of carbonyl (C=O) groups excluding carboxylic acids is 1. The van der Waals surface area contributed by atoms with Gasteiger partial charge in [-0.05, 0) is 47.4 Å². The molecule has 0 atom stereocenters. The zero-order valence-corrected chi connectivity index (χ0v) is 22.0. The lowest BCUT2D eigenvalue weighted by Gasteiger charge is -2.30. The van der Waals surface area contributed by atoms with Gasteiger partial charge >= 0.3 is 0 Å². The Kier molecular flexibility index (Phi) is 6.32. The molecule has 6 nitrogen and oxygen atoms in total. The summed E-state index contributed by atoms with van der Waals surface area (Å²) < 4.78 is 1.94. The highest BCUT2D eigenvalue weighted by molar-refractivity contribution is 8.26. The molecule has 4 aromatic rings. The van der Waals surface area contributed by atoms with Crippen LogP contribution in [0.3, 0.4) is 0 Å². The van der Waals surface area contributed by atoms with Crippen LogP contribution >= 0.6 is 35.6 Å². The van der Waals surface area contributed by atoms with Gasteiger partial charge in [0.05, 0.1) is 17.0 Å². The van der Waals surface area contributed by atoms with Crippen molar-refractivity contribution in [3.05, 3.63) is 115 Å². The quantitative estimate of drug-likeness (QED) is 0.256. The topological polar surface area (TPSA) is 57.9 Å². The summed E-state index contributed by atoms with van der Waals surface area (Å²) in [6, 6.07) is 21.2. The zero-order valence-electron chi connectivity index (χ0n) is 19.6. The van der Waals surface area contributed by atoms with E-state index < -0.39 is 0 Å². The summed E-state index contributed by atoms with van der Waals surface area (Å²) >= 11 is 13.1. The predicted molar refractivity (Wildman–Crippen MR) is 153 cm³/mol. The minimum Gasteiger partial charge on any atom is -0.351 e. The fourth-order valence-corrected chi connectivity index (χ4v) is 6.13. The van der Waals surface area contributed by atoms with E-state index in [1.807, 2.05) is 42.5 Å². The van der Waals surface area contributed by atoms with E-state index in [1.54, 1.807) is 24.4 Å². The molecule has 0 N–H and O–H groups in total. The Balaban J connectivity index is 1.42. The molecule has 1 amide bonds. The van der Waals surface area contributed by atoms with Gasteiger partial charge in [-0.2, -0.15) is 0 Å². The van der Waals surface area contributed by atoms with Crippen LogP contribution in [0, 0.1) is 0 Å². The number of aromatic nitrogens is 2. The number of amides is 1. The van der Waals surface area contributed by atoms with Crippen LogP contribution in [0.4, 0.5) is 5.82 Å². The van der Waals surface area contributed by atoms with E-state index in [2.05, 4.69) is 17.0 Å². The lowest BCUT2D eigenvalue weighted by atomic mass is 9.99. The molecule has 37 heavy (non-hydrogen) atoms. The number of thioether (sulfide) groups is 1. The Morgan fingerprint density at radius 1 is 1.00 bits per heavy atom. The van der Waals surface area contributed by atoms with Gasteiger partial charge in [-0.1, -0.05) is 84.1 Å². The van der Waals surface area contributed by atoms with Crippen molar-refractivity contribution < 1.29 is 4.79 Å². The van der Waals surface area contributed by atoms with Crippen LogP contribution in [0.15, 0.2) is 82.6 Å². The molecule has 6 rings (SSSR count). The van der Waals surface area contributed by atoms with Crippen molar-refractivity contribution in [2.45, 2.75) is 19.5 Å². The molecule has 2 aliphatic rings. The summed E-state index contributed by atoms with van der Waals surface area (Å²) in [5.41, 5.74) is 4.03. The summed E-state index contributed by atoms with van der Waals surface area (Å²) in [6.45, 7) is 1.63. The van der Waals surface area contributed by atoms with Gasteiger partial charge in [0.15, 0.2) is 0 Å². The number of halogens is 1. The zero-order chi connectivity index (χ0) is 25.5. The summed E-state index contributed by atoms with van der Waals surface area (Å²) in [5.74, 6) is 0.324. The van der Waals surface area contributed by atoms with Crippen LogP contribution in [-0.2, 0) is 24.3 Å². The number of hydrogen-bond donors (Lipinski definition) is 0. The van der Waals surface area contributed by atoms with Crippen LogP contribution < -0.4 is 10.5 Å². The van der Waals surface area contributed by atoms with Gasteiger partial charge in [-0.25, -0.2) is 4.98 Å². The Hall–Kier alpha value is -3.46. The SMILES string of the molecule is O=C1/C(=C\c2c(N3CCc4ccccc4C3)nc3ccccn3c2=O)SC(=S)N1Cc1ccccc1Cl. The van der Waals surface area contributed by atoms with Gasteiger partial charge in [0.1, 0.15) is 15.8 Å². The molecule has 0 spiro atoms. The molecule has 9 heteroatoms. The number of thiocarbonyl (C=S) groups is 1. The van der Waals surface area contributed by atoms with Crippen LogP contribution in [0.1, 0.15) is 22.3 Å². The van der Waals surface area contributed by atoms with E-state index in [4.69, 9.17) is 28.8 Å². The smallest absolute Gasteiger partial charge is 0.267 e. The monoisotopic (exact) mass is 544 g/mol. The van der Waals surface area contributed by atoms with Crippen molar-refractivity contribution in [3.63, 3.8) is 0 Å². The third kappa shape index (κ3) is 4.45. The molecule has 2 aromatic carbocycles. The number of benzene rings is 2. The molecule has 1 saturated heterocycles. The second kappa shape index (κ2) is 9.78. The number of fused-ring (bicyclic) bond motifs is 2. The van der Waals surface area contributed by atoms with E-state index in [9.17, 15) is 9.59 Å². The van der Waals surface area contributed by atoms with Gasteiger partial charge in [-0.15, -0.1) is 0 Å². The second-order valence-corrected chi connectivity index (χ2v) is 11.0. The summed E-state index contributed by atoms with van der Waals surface area (Å²) in [6.07, 6.45) is 4.20. The number of pyridine rings is 1. The molecule has 0 aliphatic carbocycles. The maximum absolute atomic E-state index is 13.7. The Bertz CT molecular complexity index is 1670. The van der Waals surface area contributed by atoms with E-state index in [0.717, 1.165) is 18.5 Å². The highest BCUT2D eigenvalue weighted by Crippen LogP contribution is 2.35. The van der Waals surface area contributed by atoms with Crippen LogP contribution in [-0.4, -0.2) is 31.1 Å². The standard InChI is InChI=1S/C28H21ClN4O2S2/c29-22-10-4-3-9-20(22)17-33-27(35)23(37-28(33)36)15-21-25(30-24-11-5-6-13-32(24)26(21)34)31-14-12-18-7-1-2-8-19(18)16-31/h1-11,13,15H,12,14,16-17H2/b23-15+. The molecular formula is C28H21ClN4O2S2. The number of anilines is 1. The predicted octanol–water partition coefficient (Wildman–Crippen LogP) is 5.31. The third-order valence-corrected chi connectivity index (χ3v) is 8.36. The molecule has 2 aromatic heterocycles. The number of hydrogen-bond acceptors (Lipinski definition) is 6. The van der Waals surface area contributed by atoms with E-state index >= 15 is 0 Å². The lowest BCUT2D eigenvalue weighted by molar-refractivity contribution is -0.122. The average molecular weight is 545 g/mol. The van der Waals surface area contributed by atoms with Crippen LogP contribution in [0.5, 0.6) is 0 Å². The molecule has 0 unspecified atom stereocenters. The Morgan fingerprint density at radius 3 is 2.59 bits per heavy atom. The van der Waals surface area contributed by atoms with Crippen molar-refractivity contribution in [2.24, 2.45) is 0 Å². The normalized spacial score (nSPS) is 16.6. The fourth-order valence-electron chi connectivity index (χ4n) is 4.70. The maximum Gasteiger partial charge on any atom is 0.267 e. The van der Waals surface area contributed by atoms with E-state index in [1.165, 1.54) is 32.2 Å². The minimum absolute atomic E-state index is 0.226. The largest absolute Gasteiger partial charge is 0.351 e. The van der Waals surface area contributed by atoms with Crippen molar-refractivity contribution in [1.29, 1.82) is 0 Å². The molecular weight excluding hydrogens is 524 g/mol. The van der Waals surface area contributed by atoms with Gasteiger partial charge < -0.3 is 4.90 Å². The van der Waals surface area contributed by atoms with Crippen molar-refractivity contribution in [3.8, 4) is 0 Å². The molecule has 184 valence electrons. The summed E-state index contributed by atoms with van der Waals surface area (Å²) in [5, 5.41) is 0.574. The lowest BCUT2D eigenvalue weighted by Crippen LogP contribution is -2.34. The van der Waals surface area contributed by atoms with Gasteiger partial charge in [-0.3, -0.25) is 18.9 Å². The molecule has 0 radical (unpaired) electrons. The molecule has 0 bridgehead atoms. The van der Waals surface area contributed by atoms with Crippen molar-refractivity contribution in [2.75, 3.05) is 11.4 Å². The van der Waals surface area contributed by atoms with Crippen LogP contribution in [0.25, 0.3) is 11.7 Å². The van der Waals surface area contributed by atoms with Gasteiger partial charge in [0.25, 0.3) is 11.5 Å². The molecule has 4 heterocycles. The first kappa shape index (κ1) is 23.9. The highest BCUT2D eigenvalue weighted by atomic mass is 35.5. The number of rotatable bonds is 4. The van der Waals surface area contributed by atoms with Crippen molar-refractivity contribution >= 4 is 63.3 Å².